The van der Waals surface area contributed by atoms with Crippen LogP contribution < -0.4 is 5.43 Å². The van der Waals surface area contributed by atoms with Gasteiger partial charge in [-0.3, -0.25) is 10.2 Å². The molecule has 0 unspecified atom stereocenters. The molecule has 4 aromatic rings. The van der Waals surface area contributed by atoms with E-state index in [2.05, 4.69) is 15.5 Å². The van der Waals surface area contributed by atoms with Gasteiger partial charge in [-0.1, -0.05) is 66.7 Å². The Morgan fingerprint density at radius 1 is 0.885 bits per heavy atom. The second-order valence-electron chi connectivity index (χ2n) is 6.01. The minimum absolute atomic E-state index is 0.0517. The van der Waals surface area contributed by atoms with Crippen LogP contribution in [0.15, 0.2) is 77.2 Å². The Labute approximate surface area is 153 Å². The molecule has 0 aliphatic heterocycles. The number of aromatic nitrogens is 1. The maximum atomic E-state index is 12.7. The molecule has 1 heterocycles. The maximum absolute atomic E-state index is 12.7. The first-order valence-corrected chi connectivity index (χ1v) is 9.11. The van der Waals surface area contributed by atoms with Gasteiger partial charge in [0.2, 0.25) is 10.9 Å². The third-order valence-electron chi connectivity index (χ3n) is 4.46. The Balaban J connectivity index is 1.49. The number of carbonyl (C=O) groups excluding carboxylic acids is 1. The number of anilines is 1. The molecular formula is C21H13N3OS. The topological polar surface area (TPSA) is 54.4 Å². The van der Waals surface area contributed by atoms with E-state index in [0.29, 0.717) is 16.4 Å². The summed E-state index contributed by atoms with van der Waals surface area (Å²) in [6.07, 6.45) is 0. The first kappa shape index (κ1) is 15.0. The van der Waals surface area contributed by atoms with Crippen LogP contribution in [0.1, 0.15) is 15.9 Å². The van der Waals surface area contributed by atoms with Crippen LogP contribution in [-0.4, -0.2) is 16.5 Å². The fraction of sp³-hybridized carbons (Fsp3) is 0. The molecule has 0 spiro atoms. The van der Waals surface area contributed by atoms with Crippen LogP contribution in [0.4, 0.5) is 5.13 Å². The zero-order chi connectivity index (χ0) is 17.5. The molecule has 0 radical (unpaired) electrons. The molecule has 0 fully saturated rings. The highest BCUT2D eigenvalue weighted by Crippen LogP contribution is 2.31. The Hall–Kier alpha value is -3.31. The number of thiazole rings is 1. The molecule has 1 aliphatic rings. The Kier molecular flexibility index (Phi) is 3.40. The van der Waals surface area contributed by atoms with Crippen LogP contribution in [-0.2, 0) is 0 Å². The fourth-order valence-corrected chi connectivity index (χ4v) is 3.92. The van der Waals surface area contributed by atoms with E-state index in [1.165, 1.54) is 11.3 Å². The van der Waals surface area contributed by atoms with Gasteiger partial charge in [-0.25, -0.2) is 4.98 Å². The molecule has 0 atom stereocenters. The van der Waals surface area contributed by atoms with Crippen molar-refractivity contribution < 1.29 is 4.79 Å². The van der Waals surface area contributed by atoms with E-state index in [-0.39, 0.29) is 5.78 Å². The average molecular weight is 355 g/mol. The van der Waals surface area contributed by atoms with Crippen LogP contribution in [0.25, 0.3) is 22.0 Å². The van der Waals surface area contributed by atoms with Crippen molar-refractivity contribution in [3.63, 3.8) is 0 Å². The summed E-state index contributed by atoms with van der Waals surface area (Å²) in [5.74, 6) is -0.0517. The molecule has 1 aliphatic carbocycles. The van der Waals surface area contributed by atoms with Crippen LogP contribution >= 0.6 is 11.3 Å². The van der Waals surface area contributed by atoms with E-state index >= 15 is 0 Å². The summed E-state index contributed by atoms with van der Waals surface area (Å²) in [6, 6.07) is 21.7. The number of hydrogen-bond acceptors (Lipinski definition) is 5. The van der Waals surface area contributed by atoms with Crippen LogP contribution in [0.5, 0.6) is 0 Å². The summed E-state index contributed by atoms with van der Waals surface area (Å²) >= 11 is 1.46. The number of rotatable bonds is 3. The van der Waals surface area contributed by atoms with Gasteiger partial charge in [0.15, 0.2) is 0 Å². The van der Waals surface area contributed by atoms with Crippen molar-refractivity contribution >= 4 is 38.7 Å². The zero-order valence-corrected chi connectivity index (χ0v) is 14.5. The number of carbonyl (C=O) groups is 1. The summed E-state index contributed by atoms with van der Waals surface area (Å²) in [4.78, 5) is 17.3. The molecule has 26 heavy (non-hydrogen) atoms. The van der Waals surface area contributed by atoms with Crippen molar-refractivity contribution in [1.29, 1.82) is 0 Å². The molecule has 5 rings (SSSR count). The van der Waals surface area contributed by atoms with Crippen molar-refractivity contribution in [2.45, 2.75) is 0 Å². The number of hydrogen-bond donors (Lipinski definition) is 1. The summed E-state index contributed by atoms with van der Waals surface area (Å²) in [5.41, 5.74) is 6.92. The first-order chi connectivity index (χ1) is 12.8. The molecule has 0 saturated carbocycles. The number of nitrogens with zero attached hydrogens (tertiary/aromatic N) is 2. The fourth-order valence-electron chi connectivity index (χ4n) is 3.26. The maximum Gasteiger partial charge on any atom is 0.214 e. The molecule has 0 bridgehead atoms. The zero-order valence-electron chi connectivity index (χ0n) is 13.6. The largest absolute Gasteiger partial charge is 0.287 e. The standard InChI is InChI=1S/C21H13N3OS/c25-20-16-11-5-9-14-8-4-10-15(18(14)16)19(20)23-24-21-22-17(12-26-21)13-6-2-1-3-7-13/h1-12H,(H,22,24)/b23-19-. The molecule has 124 valence electrons. The quantitative estimate of drug-likeness (QED) is 0.528. The molecule has 0 saturated heterocycles. The molecule has 5 heteroatoms. The van der Waals surface area contributed by atoms with Gasteiger partial charge in [0.25, 0.3) is 0 Å². The van der Waals surface area contributed by atoms with E-state index in [1.54, 1.807) is 0 Å². The first-order valence-electron chi connectivity index (χ1n) is 8.23. The monoisotopic (exact) mass is 355 g/mol. The number of nitrogens with one attached hydrogen (secondary N) is 1. The van der Waals surface area contributed by atoms with Crippen molar-refractivity contribution in [2.75, 3.05) is 5.43 Å². The molecule has 4 nitrogen and oxygen atoms in total. The molecule has 3 aromatic carbocycles. The highest BCUT2D eigenvalue weighted by atomic mass is 32.1. The highest BCUT2D eigenvalue weighted by Gasteiger charge is 2.28. The third-order valence-corrected chi connectivity index (χ3v) is 5.20. The number of benzene rings is 3. The predicted molar refractivity (Wildman–Crippen MR) is 106 cm³/mol. The molecule has 0 amide bonds. The third kappa shape index (κ3) is 2.33. The Morgan fingerprint density at radius 3 is 2.46 bits per heavy atom. The second kappa shape index (κ2) is 5.89. The van der Waals surface area contributed by atoms with Crippen LogP contribution in [0.3, 0.4) is 0 Å². The summed E-state index contributed by atoms with van der Waals surface area (Å²) in [6.45, 7) is 0. The number of ketones is 1. The SMILES string of the molecule is O=C1/C(=N\Nc2nc(-c3ccccc3)cs2)c2cccc3cccc1c23. The van der Waals surface area contributed by atoms with Gasteiger partial charge >= 0.3 is 0 Å². The second-order valence-corrected chi connectivity index (χ2v) is 6.87. The number of hydrazone groups is 1. The lowest BCUT2D eigenvalue weighted by atomic mass is 10.1. The van der Waals surface area contributed by atoms with Gasteiger partial charge in [0.1, 0.15) is 5.71 Å². The normalized spacial score (nSPS) is 14.3. The Morgan fingerprint density at radius 2 is 1.65 bits per heavy atom. The van der Waals surface area contributed by atoms with E-state index < -0.39 is 0 Å². The highest BCUT2D eigenvalue weighted by molar-refractivity contribution is 7.14. The minimum atomic E-state index is -0.0517. The Bertz CT molecular complexity index is 1170. The van der Waals surface area contributed by atoms with E-state index in [4.69, 9.17) is 0 Å². The van der Waals surface area contributed by atoms with Gasteiger partial charge in [0.05, 0.1) is 5.69 Å². The van der Waals surface area contributed by atoms with E-state index in [9.17, 15) is 4.79 Å². The van der Waals surface area contributed by atoms with Crippen molar-refractivity contribution in [2.24, 2.45) is 5.10 Å². The van der Waals surface area contributed by atoms with Crippen molar-refractivity contribution in [3.8, 4) is 11.3 Å². The van der Waals surface area contributed by atoms with E-state index in [1.807, 2.05) is 72.1 Å². The average Bonchev–Trinajstić information content (AvgIpc) is 3.27. The lowest BCUT2D eigenvalue weighted by Gasteiger charge is -2.00. The van der Waals surface area contributed by atoms with Gasteiger partial charge in [0, 0.05) is 27.5 Å². The van der Waals surface area contributed by atoms with Gasteiger partial charge in [-0.15, -0.1) is 11.3 Å². The minimum Gasteiger partial charge on any atom is -0.287 e. The van der Waals surface area contributed by atoms with Crippen molar-refractivity contribution in [1.82, 2.24) is 4.98 Å². The lowest BCUT2D eigenvalue weighted by molar-refractivity contribution is 0.107. The molecular weight excluding hydrogens is 342 g/mol. The van der Waals surface area contributed by atoms with Crippen LogP contribution in [0, 0.1) is 0 Å². The van der Waals surface area contributed by atoms with Gasteiger partial charge in [-0.2, -0.15) is 5.10 Å². The summed E-state index contributed by atoms with van der Waals surface area (Å²) in [7, 11) is 0. The summed E-state index contributed by atoms with van der Waals surface area (Å²) in [5, 5.41) is 9.05. The summed E-state index contributed by atoms with van der Waals surface area (Å²) < 4.78 is 0. The van der Waals surface area contributed by atoms with Gasteiger partial charge in [-0.05, 0) is 5.39 Å². The van der Waals surface area contributed by atoms with Crippen LogP contribution in [0.2, 0.25) is 0 Å². The lowest BCUT2D eigenvalue weighted by Crippen LogP contribution is -2.11. The van der Waals surface area contributed by atoms with Crippen molar-refractivity contribution in [3.05, 3.63) is 83.2 Å². The predicted octanol–water partition coefficient (Wildman–Crippen LogP) is 4.98. The smallest absolute Gasteiger partial charge is 0.214 e. The van der Waals surface area contributed by atoms with E-state index in [0.717, 1.165) is 27.6 Å². The van der Waals surface area contributed by atoms with Gasteiger partial charge < -0.3 is 0 Å². The molecule has 1 N–H and O–H groups in total. The number of Topliss-reactive ketones (excluding diaryl/α,β-unsaturated/α-hetero) is 1. The molecule has 1 aromatic heterocycles.